The second-order valence-corrected chi connectivity index (χ2v) is 5.82. The quantitative estimate of drug-likeness (QED) is 0.749. The molecule has 0 radical (unpaired) electrons. The first kappa shape index (κ1) is 16.7. The van der Waals surface area contributed by atoms with E-state index in [1.165, 1.54) is 0 Å². The third-order valence-electron chi connectivity index (χ3n) is 2.78. The van der Waals surface area contributed by atoms with Crippen molar-refractivity contribution in [3.63, 3.8) is 0 Å². The molecule has 1 aromatic carbocycles. The molecule has 20 heavy (non-hydrogen) atoms. The van der Waals surface area contributed by atoms with Crippen molar-refractivity contribution < 1.29 is 9.59 Å². The van der Waals surface area contributed by atoms with Crippen molar-refractivity contribution >= 4 is 33.4 Å². The predicted molar refractivity (Wildman–Crippen MR) is 85.1 cm³/mol. The van der Waals surface area contributed by atoms with Gasteiger partial charge in [-0.1, -0.05) is 41.4 Å². The number of aryl methyl sites for hydroxylation is 1. The van der Waals surface area contributed by atoms with Gasteiger partial charge in [0, 0.05) is 18.7 Å². The van der Waals surface area contributed by atoms with E-state index in [4.69, 9.17) is 0 Å². The molecule has 0 aliphatic heterocycles. The first-order valence-electron chi connectivity index (χ1n) is 6.81. The number of rotatable bonds is 7. The van der Waals surface area contributed by atoms with E-state index in [9.17, 15) is 9.59 Å². The van der Waals surface area contributed by atoms with E-state index in [-0.39, 0.29) is 23.1 Å². The Bertz CT molecular complexity index is 463. The van der Waals surface area contributed by atoms with Crippen LogP contribution < -0.4 is 10.6 Å². The van der Waals surface area contributed by atoms with Gasteiger partial charge in [0.2, 0.25) is 11.8 Å². The van der Waals surface area contributed by atoms with Crippen LogP contribution in [0.15, 0.2) is 24.3 Å². The normalized spacial score (nSPS) is 11.8. The largest absolute Gasteiger partial charge is 0.355 e. The molecule has 0 fully saturated rings. The highest BCUT2D eigenvalue weighted by atomic mass is 79.9. The molecule has 5 heteroatoms. The minimum Gasteiger partial charge on any atom is -0.355 e. The maximum Gasteiger partial charge on any atom is 0.233 e. The maximum absolute atomic E-state index is 11.7. The van der Waals surface area contributed by atoms with Crippen LogP contribution in [0.1, 0.15) is 31.7 Å². The molecule has 1 aromatic rings. The second kappa shape index (κ2) is 8.74. The predicted octanol–water partition coefficient (Wildman–Crippen LogP) is 3.00. The van der Waals surface area contributed by atoms with Crippen molar-refractivity contribution in [3.05, 3.63) is 29.8 Å². The standard InChI is InChI=1S/C15H21BrN2O2/c1-3-5-13(16)15(20)17-9-8-14(19)18-12-7-4-6-11(2)10-12/h4,6-7,10,13H,3,5,8-9H2,1-2H3,(H,17,20)(H,18,19). The number of anilines is 1. The SMILES string of the molecule is CCCC(Br)C(=O)NCCC(=O)Nc1cccc(C)c1. The average molecular weight is 341 g/mol. The molecule has 0 bridgehead atoms. The molecule has 4 nitrogen and oxygen atoms in total. The molecule has 0 saturated carbocycles. The number of hydrogen-bond donors (Lipinski definition) is 2. The Kier molecular flexibility index (Phi) is 7.30. The molecule has 0 aliphatic rings. The lowest BCUT2D eigenvalue weighted by Gasteiger charge is -2.10. The molecule has 0 aromatic heterocycles. The number of carbonyl (C=O) groups excluding carboxylic acids is 2. The highest BCUT2D eigenvalue weighted by molar-refractivity contribution is 9.10. The number of halogens is 1. The van der Waals surface area contributed by atoms with Crippen LogP contribution >= 0.6 is 15.9 Å². The van der Waals surface area contributed by atoms with Gasteiger partial charge in [-0.3, -0.25) is 9.59 Å². The van der Waals surface area contributed by atoms with Gasteiger partial charge < -0.3 is 10.6 Å². The van der Waals surface area contributed by atoms with Crippen molar-refractivity contribution in [2.75, 3.05) is 11.9 Å². The fourth-order valence-corrected chi connectivity index (χ4v) is 2.36. The summed E-state index contributed by atoms with van der Waals surface area (Å²) in [5.41, 5.74) is 1.88. The Hall–Kier alpha value is -1.36. The summed E-state index contributed by atoms with van der Waals surface area (Å²) < 4.78 is 0. The summed E-state index contributed by atoms with van der Waals surface area (Å²) in [6.45, 7) is 4.35. The lowest BCUT2D eigenvalue weighted by Crippen LogP contribution is -2.33. The molecule has 0 spiro atoms. The van der Waals surface area contributed by atoms with Gasteiger partial charge in [-0.25, -0.2) is 0 Å². The minimum atomic E-state index is -0.174. The summed E-state index contributed by atoms with van der Waals surface area (Å²) in [6.07, 6.45) is 2.00. The Balaban J connectivity index is 2.28. The van der Waals surface area contributed by atoms with Gasteiger partial charge in [0.05, 0.1) is 4.83 Å². The van der Waals surface area contributed by atoms with Gasteiger partial charge in [-0.05, 0) is 31.0 Å². The zero-order chi connectivity index (χ0) is 15.0. The summed E-state index contributed by atoms with van der Waals surface area (Å²) in [5, 5.41) is 5.56. The van der Waals surface area contributed by atoms with E-state index in [2.05, 4.69) is 26.6 Å². The topological polar surface area (TPSA) is 58.2 Å². The van der Waals surface area contributed by atoms with E-state index >= 15 is 0 Å². The average Bonchev–Trinajstić information content (AvgIpc) is 2.38. The van der Waals surface area contributed by atoms with Gasteiger partial charge in [0.15, 0.2) is 0 Å². The van der Waals surface area contributed by atoms with Crippen LogP contribution in [0.4, 0.5) is 5.69 Å². The van der Waals surface area contributed by atoms with Crippen LogP contribution in [0, 0.1) is 6.92 Å². The summed E-state index contributed by atoms with van der Waals surface area (Å²) in [7, 11) is 0. The highest BCUT2D eigenvalue weighted by Crippen LogP contribution is 2.10. The Labute approximate surface area is 128 Å². The van der Waals surface area contributed by atoms with Crippen LogP contribution in [0.25, 0.3) is 0 Å². The number of benzene rings is 1. The van der Waals surface area contributed by atoms with Crippen molar-refractivity contribution in [1.82, 2.24) is 5.32 Å². The lowest BCUT2D eigenvalue weighted by atomic mass is 10.2. The summed E-state index contributed by atoms with van der Waals surface area (Å²) in [4.78, 5) is 23.2. The molecular formula is C15H21BrN2O2. The molecule has 0 heterocycles. The Morgan fingerprint density at radius 2 is 2.10 bits per heavy atom. The molecule has 1 unspecified atom stereocenters. The fourth-order valence-electron chi connectivity index (χ4n) is 1.74. The number of carbonyl (C=O) groups is 2. The first-order valence-corrected chi connectivity index (χ1v) is 7.72. The number of amides is 2. The Morgan fingerprint density at radius 3 is 2.75 bits per heavy atom. The lowest BCUT2D eigenvalue weighted by molar-refractivity contribution is -0.120. The van der Waals surface area contributed by atoms with Crippen molar-refractivity contribution in [2.45, 2.75) is 37.9 Å². The van der Waals surface area contributed by atoms with Gasteiger partial charge in [-0.2, -0.15) is 0 Å². The smallest absolute Gasteiger partial charge is 0.233 e. The fraction of sp³-hybridized carbons (Fsp3) is 0.467. The van der Waals surface area contributed by atoms with Crippen LogP contribution in [0.3, 0.4) is 0 Å². The molecular weight excluding hydrogens is 320 g/mol. The monoisotopic (exact) mass is 340 g/mol. The molecule has 1 atom stereocenters. The molecule has 0 aliphatic carbocycles. The summed E-state index contributed by atoms with van der Waals surface area (Å²) in [5.74, 6) is -0.160. The maximum atomic E-state index is 11.7. The van der Waals surface area contributed by atoms with E-state index in [1.54, 1.807) is 0 Å². The summed E-state index contributed by atoms with van der Waals surface area (Å²) in [6, 6.07) is 7.62. The van der Waals surface area contributed by atoms with Crippen LogP contribution in [0.2, 0.25) is 0 Å². The number of nitrogens with one attached hydrogen (secondary N) is 2. The molecule has 2 N–H and O–H groups in total. The molecule has 110 valence electrons. The number of hydrogen-bond acceptors (Lipinski definition) is 2. The molecule has 1 rings (SSSR count). The van der Waals surface area contributed by atoms with Gasteiger partial charge in [-0.15, -0.1) is 0 Å². The van der Waals surface area contributed by atoms with Crippen molar-refractivity contribution in [1.29, 1.82) is 0 Å². The van der Waals surface area contributed by atoms with Crippen LogP contribution in [-0.2, 0) is 9.59 Å². The first-order chi connectivity index (χ1) is 9.52. The second-order valence-electron chi connectivity index (χ2n) is 4.71. The highest BCUT2D eigenvalue weighted by Gasteiger charge is 2.13. The van der Waals surface area contributed by atoms with E-state index < -0.39 is 0 Å². The van der Waals surface area contributed by atoms with Crippen molar-refractivity contribution in [2.24, 2.45) is 0 Å². The number of alkyl halides is 1. The molecule has 0 saturated heterocycles. The van der Waals surface area contributed by atoms with E-state index in [0.717, 1.165) is 24.1 Å². The minimum absolute atomic E-state index is 0.0600. The van der Waals surface area contributed by atoms with Crippen LogP contribution in [-0.4, -0.2) is 23.2 Å². The van der Waals surface area contributed by atoms with Crippen LogP contribution in [0.5, 0.6) is 0 Å². The third-order valence-corrected chi connectivity index (χ3v) is 3.65. The zero-order valence-electron chi connectivity index (χ0n) is 11.9. The zero-order valence-corrected chi connectivity index (χ0v) is 13.5. The van der Waals surface area contributed by atoms with E-state index in [1.807, 2.05) is 38.1 Å². The summed E-state index contributed by atoms with van der Waals surface area (Å²) >= 11 is 3.32. The van der Waals surface area contributed by atoms with Gasteiger partial charge >= 0.3 is 0 Å². The van der Waals surface area contributed by atoms with E-state index in [0.29, 0.717) is 6.54 Å². The van der Waals surface area contributed by atoms with Crippen molar-refractivity contribution in [3.8, 4) is 0 Å². The van der Waals surface area contributed by atoms with Gasteiger partial charge in [0.25, 0.3) is 0 Å². The Morgan fingerprint density at radius 1 is 1.35 bits per heavy atom. The molecule has 2 amide bonds. The third kappa shape index (κ3) is 6.19. The van der Waals surface area contributed by atoms with Gasteiger partial charge in [0.1, 0.15) is 0 Å².